The number of ether oxygens (including phenoxy) is 2. The van der Waals surface area contributed by atoms with Gasteiger partial charge in [0.05, 0.1) is 12.8 Å². The van der Waals surface area contributed by atoms with Crippen LogP contribution in [-0.4, -0.2) is 42.9 Å². The van der Waals surface area contributed by atoms with Gasteiger partial charge in [-0.15, -0.1) is 10.2 Å². The summed E-state index contributed by atoms with van der Waals surface area (Å²) in [6, 6.07) is 17.1. The van der Waals surface area contributed by atoms with Crippen molar-refractivity contribution in [2.45, 2.75) is 19.8 Å². The topological polar surface area (TPSA) is 76.6 Å². The Bertz CT molecular complexity index is 1030. The molecule has 1 amide bonds. The van der Waals surface area contributed by atoms with Gasteiger partial charge in [0.1, 0.15) is 0 Å². The first kappa shape index (κ1) is 20.7. The van der Waals surface area contributed by atoms with E-state index in [-0.39, 0.29) is 12.5 Å². The molecule has 1 fully saturated rings. The summed E-state index contributed by atoms with van der Waals surface area (Å²) in [6.45, 7) is 3.95. The first-order chi connectivity index (χ1) is 15.1. The van der Waals surface area contributed by atoms with Crippen molar-refractivity contribution in [3.63, 3.8) is 0 Å². The molecule has 0 unspecified atom stereocenters. The fourth-order valence-corrected chi connectivity index (χ4v) is 3.55. The summed E-state index contributed by atoms with van der Waals surface area (Å²) in [4.78, 5) is 14.5. The Hall–Kier alpha value is -3.61. The Morgan fingerprint density at radius 1 is 1.00 bits per heavy atom. The lowest BCUT2D eigenvalue weighted by Crippen LogP contribution is -2.20. The van der Waals surface area contributed by atoms with Crippen LogP contribution >= 0.6 is 0 Å². The molecule has 31 heavy (non-hydrogen) atoms. The third kappa shape index (κ3) is 5.12. The van der Waals surface area contributed by atoms with Crippen molar-refractivity contribution in [3.8, 4) is 22.8 Å². The molecule has 1 N–H and O–H groups in total. The van der Waals surface area contributed by atoms with E-state index in [1.54, 1.807) is 13.2 Å². The van der Waals surface area contributed by atoms with Crippen molar-refractivity contribution in [1.29, 1.82) is 0 Å². The Balaban J connectivity index is 1.33. The second-order valence-corrected chi connectivity index (χ2v) is 7.54. The minimum Gasteiger partial charge on any atom is -0.493 e. The Morgan fingerprint density at radius 2 is 1.77 bits per heavy atom. The molecular formula is C24H26N4O3. The molecule has 1 aliphatic heterocycles. The molecule has 0 bridgehead atoms. The van der Waals surface area contributed by atoms with Crippen LogP contribution in [-0.2, 0) is 4.79 Å². The van der Waals surface area contributed by atoms with Crippen LogP contribution in [0, 0.1) is 6.92 Å². The highest BCUT2D eigenvalue weighted by Crippen LogP contribution is 2.28. The molecule has 4 rings (SSSR count). The summed E-state index contributed by atoms with van der Waals surface area (Å²) in [7, 11) is 1.58. The van der Waals surface area contributed by atoms with Crippen LogP contribution in [0.4, 0.5) is 11.5 Å². The van der Waals surface area contributed by atoms with Crippen LogP contribution in [0.5, 0.6) is 11.5 Å². The van der Waals surface area contributed by atoms with Crippen molar-refractivity contribution in [3.05, 3.63) is 60.2 Å². The number of carbonyl (C=O) groups excluding carboxylic acids is 1. The SMILES string of the molecule is COc1cc(C)ccc1OCC(=O)Nc1ccc(-c2ccc(N3CCCC3)nn2)cc1. The molecule has 2 aromatic carbocycles. The Labute approximate surface area is 182 Å². The van der Waals surface area contributed by atoms with Crippen molar-refractivity contribution in [1.82, 2.24) is 10.2 Å². The summed E-state index contributed by atoms with van der Waals surface area (Å²) >= 11 is 0. The van der Waals surface area contributed by atoms with E-state index in [1.807, 2.05) is 55.5 Å². The van der Waals surface area contributed by atoms with Gasteiger partial charge in [-0.25, -0.2) is 0 Å². The molecule has 7 nitrogen and oxygen atoms in total. The number of aromatic nitrogens is 2. The fourth-order valence-electron chi connectivity index (χ4n) is 3.55. The average molecular weight is 418 g/mol. The van der Waals surface area contributed by atoms with E-state index in [9.17, 15) is 4.79 Å². The molecule has 0 saturated carbocycles. The number of nitrogens with one attached hydrogen (secondary N) is 1. The van der Waals surface area contributed by atoms with Crippen molar-refractivity contribution >= 4 is 17.4 Å². The van der Waals surface area contributed by atoms with Crippen LogP contribution in [0.25, 0.3) is 11.3 Å². The number of rotatable bonds is 7. The van der Waals surface area contributed by atoms with Gasteiger partial charge in [0.2, 0.25) is 0 Å². The monoisotopic (exact) mass is 418 g/mol. The van der Waals surface area contributed by atoms with E-state index in [2.05, 4.69) is 20.4 Å². The van der Waals surface area contributed by atoms with Crippen molar-refractivity contribution < 1.29 is 14.3 Å². The van der Waals surface area contributed by atoms with Gasteiger partial charge in [-0.1, -0.05) is 18.2 Å². The van der Waals surface area contributed by atoms with Crippen LogP contribution < -0.4 is 19.7 Å². The van der Waals surface area contributed by atoms with Gasteiger partial charge in [0, 0.05) is 24.3 Å². The van der Waals surface area contributed by atoms with Gasteiger partial charge in [0.25, 0.3) is 5.91 Å². The fraction of sp³-hybridized carbons (Fsp3) is 0.292. The lowest BCUT2D eigenvalue weighted by Gasteiger charge is -2.15. The Morgan fingerprint density at radius 3 is 2.45 bits per heavy atom. The minimum absolute atomic E-state index is 0.107. The number of hydrogen-bond donors (Lipinski definition) is 1. The number of anilines is 2. The second-order valence-electron chi connectivity index (χ2n) is 7.54. The van der Waals surface area contributed by atoms with Crippen molar-refractivity contribution in [2.24, 2.45) is 0 Å². The number of nitrogens with zero attached hydrogens (tertiary/aromatic N) is 3. The van der Waals surface area contributed by atoms with Gasteiger partial charge >= 0.3 is 0 Å². The van der Waals surface area contributed by atoms with Gasteiger partial charge in [0.15, 0.2) is 23.9 Å². The summed E-state index contributed by atoms with van der Waals surface area (Å²) in [5.41, 5.74) is 3.49. The van der Waals surface area contributed by atoms with E-state index < -0.39 is 0 Å². The Kier molecular flexibility index (Phi) is 6.31. The highest BCUT2D eigenvalue weighted by atomic mass is 16.5. The molecule has 3 aromatic rings. The molecule has 0 aliphatic carbocycles. The highest BCUT2D eigenvalue weighted by molar-refractivity contribution is 5.92. The third-order valence-corrected chi connectivity index (χ3v) is 5.22. The predicted molar refractivity (Wildman–Crippen MR) is 121 cm³/mol. The van der Waals surface area contributed by atoms with Crippen LogP contribution in [0.2, 0.25) is 0 Å². The molecule has 1 aromatic heterocycles. The maximum Gasteiger partial charge on any atom is 0.262 e. The van der Waals surface area contributed by atoms with E-state index >= 15 is 0 Å². The number of methoxy groups -OCH3 is 1. The highest BCUT2D eigenvalue weighted by Gasteiger charge is 2.14. The molecule has 160 valence electrons. The molecule has 0 spiro atoms. The van der Waals surface area contributed by atoms with Crippen LogP contribution in [0.15, 0.2) is 54.6 Å². The molecule has 1 aliphatic rings. The van der Waals surface area contributed by atoms with Gasteiger partial charge in [-0.2, -0.15) is 0 Å². The number of aryl methyl sites for hydroxylation is 1. The average Bonchev–Trinajstić information content (AvgIpc) is 3.34. The first-order valence-electron chi connectivity index (χ1n) is 10.4. The summed E-state index contributed by atoms with van der Waals surface area (Å²) in [6.07, 6.45) is 2.42. The molecule has 7 heteroatoms. The lowest BCUT2D eigenvalue weighted by atomic mass is 10.1. The van der Waals surface area contributed by atoms with Crippen molar-refractivity contribution in [2.75, 3.05) is 37.0 Å². The van der Waals surface area contributed by atoms with Gasteiger partial charge in [-0.05, 0) is 61.7 Å². The zero-order chi connectivity index (χ0) is 21.6. The summed E-state index contributed by atoms with van der Waals surface area (Å²) in [5, 5.41) is 11.6. The molecule has 1 saturated heterocycles. The maximum absolute atomic E-state index is 12.3. The lowest BCUT2D eigenvalue weighted by molar-refractivity contribution is -0.118. The van der Waals surface area contributed by atoms with E-state index in [4.69, 9.17) is 9.47 Å². The smallest absolute Gasteiger partial charge is 0.262 e. The third-order valence-electron chi connectivity index (χ3n) is 5.22. The second kappa shape index (κ2) is 9.47. The molecule has 2 heterocycles. The van der Waals surface area contributed by atoms with Crippen LogP contribution in [0.3, 0.4) is 0 Å². The standard InChI is InChI=1S/C24H26N4O3/c1-17-5-11-21(22(15-17)30-2)31-16-24(29)25-19-8-6-18(7-9-19)20-10-12-23(27-26-20)28-13-3-4-14-28/h5-12,15H,3-4,13-14,16H2,1-2H3,(H,25,29). The molecule has 0 radical (unpaired) electrons. The van der Waals surface area contributed by atoms with E-state index in [1.165, 1.54) is 12.8 Å². The zero-order valence-corrected chi connectivity index (χ0v) is 17.8. The summed E-state index contributed by atoms with van der Waals surface area (Å²) < 4.78 is 10.9. The number of hydrogen-bond acceptors (Lipinski definition) is 6. The molecular weight excluding hydrogens is 392 g/mol. The summed E-state index contributed by atoms with van der Waals surface area (Å²) in [5.74, 6) is 1.82. The van der Waals surface area contributed by atoms with Crippen LogP contribution in [0.1, 0.15) is 18.4 Å². The predicted octanol–water partition coefficient (Wildman–Crippen LogP) is 4.08. The quantitative estimate of drug-likeness (QED) is 0.623. The zero-order valence-electron chi connectivity index (χ0n) is 17.8. The van der Waals surface area contributed by atoms with E-state index in [0.717, 1.165) is 35.7 Å². The van der Waals surface area contributed by atoms with Gasteiger partial charge in [-0.3, -0.25) is 4.79 Å². The first-order valence-corrected chi connectivity index (χ1v) is 10.4. The number of carbonyl (C=O) groups is 1. The van der Waals surface area contributed by atoms with E-state index in [0.29, 0.717) is 17.2 Å². The maximum atomic E-state index is 12.3. The van der Waals surface area contributed by atoms with Gasteiger partial charge < -0.3 is 19.7 Å². The normalized spacial score (nSPS) is 13.2. The minimum atomic E-state index is -0.245. The molecule has 0 atom stereocenters. The largest absolute Gasteiger partial charge is 0.493 e. The number of benzene rings is 2. The number of amides is 1.